The number of rotatable bonds is 8. The summed E-state index contributed by atoms with van der Waals surface area (Å²) in [6, 6.07) is 6.23. The second-order valence-corrected chi connectivity index (χ2v) is 6.97. The van der Waals surface area contributed by atoms with Crippen LogP contribution in [0.3, 0.4) is 0 Å². The van der Waals surface area contributed by atoms with Crippen molar-refractivity contribution in [1.29, 1.82) is 0 Å². The van der Waals surface area contributed by atoms with Crippen LogP contribution in [-0.4, -0.2) is 18.5 Å². The second-order valence-electron chi connectivity index (χ2n) is 5.83. The Hall–Kier alpha value is -2.07. The van der Waals surface area contributed by atoms with Crippen LogP contribution < -0.4 is 5.32 Å². The van der Waals surface area contributed by atoms with Crippen molar-refractivity contribution in [1.82, 2.24) is 5.32 Å². The maximum Gasteiger partial charge on any atom is 0.134 e. The number of carbonyl (C=O) groups excluding carboxylic acids is 1. The zero-order valence-corrected chi connectivity index (χ0v) is 16.9. The van der Waals surface area contributed by atoms with E-state index in [-0.39, 0.29) is 5.78 Å². The molecule has 0 radical (unpaired) electrons. The van der Waals surface area contributed by atoms with E-state index in [1.54, 1.807) is 25.7 Å². The molecule has 0 bridgehead atoms. The van der Waals surface area contributed by atoms with E-state index in [9.17, 15) is 4.79 Å². The van der Waals surface area contributed by atoms with Gasteiger partial charge in [-0.2, -0.15) is 0 Å². The Balaban J connectivity index is 2.92. The number of Topliss-reactive ketones (excluding diaryl/α,β-unsaturated/α-hetero) is 1. The summed E-state index contributed by atoms with van der Waals surface area (Å²) in [6.07, 6.45) is 4.55. The van der Waals surface area contributed by atoms with Gasteiger partial charge in [0.05, 0.1) is 16.4 Å². The average molecular weight is 357 g/mol. The van der Waals surface area contributed by atoms with E-state index in [4.69, 9.17) is 0 Å². The third kappa shape index (κ3) is 6.39. The summed E-state index contributed by atoms with van der Waals surface area (Å²) in [7, 11) is 1.78. The van der Waals surface area contributed by atoms with Gasteiger partial charge in [0.1, 0.15) is 5.78 Å². The molecule has 0 fully saturated rings. The van der Waals surface area contributed by atoms with Crippen molar-refractivity contribution in [2.75, 3.05) is 7.05 Å². The molecule has 0 amide bonds. The summed E-state index contributed by atoms with van der Waals surface area (Å²) in [5.74, 6) is 0.181. The van der Waals surface area contributed by atoms with Crippen molar-refractivity contribution >= 4 is 28.2 Å². The predicted octanol–water partition coefficient (Wildman–Crippen LogP) is 5.28. The molecule has 0 heterocycles. The van der Waals surface area contributed by atoms with Gasteiger partial charge in [0.15, 0.2) is 0 Å². The van der Waals surface area contributed by atoms with Crippen LogP contribution in [0.15, 0.2) is 52.6 Å². The molecule has 3 nitrogen and oxygen atoms in total. The molecular weight excluding hydrogens is 328 g/mol. The number of nitrogens with one attached hydrogen (secondary N) is 1. The molecule has 134 valence electrons. The topological polar surface area (TPSA) is 41.5 Å². The molecule has 0 aliphatic heterocycles. The highest BCUT2D eigenvalue weighted by Gasteiger charge is 2.09. The van der Waals surface area contributed by atoms with E-state index in [1.165, 1.54) is 0 Å². The number of aryl methyl sites for hydroxylation is 1. The number of aliphatic imine (C=N–C) groups is 1. The first-order valence-electron chi connectivity index (χ1n) is 8.31. The molecule has 0 aliphatic carbocycles. The zero-order chi connectivity index (χ0) is 19.0. The number of hydrogen-bond donors (Lipinski definition) is 1. The number of hydrogen-bond acceptors (Lipinski definition) is 4. The third-order valence-corrected chi connectivity index (χ3v) is 4.89. The first kappa shape index (κ1) is 21.0. The van der Waals surface area contributed by atoms with Crippen LogP contribution in [0.1, 0.15) is 44.4 Å². The first-order chi connectivity index (χ1) is 11.8. The van der Waals surface area contributed by atoms with Gasteiger partial charge in [0.25, 0.3) is 0 Å². The molecule has 25 heavy (non-hydrogen) atoms. The van der Waals surface area contributed by atoms with Crippen LogP contribution in [-0.2, 0) is 11.2 Å². The number of ketones is 1. The van der Waals surface area contributed by atoms with Crippen molar-refractivity contribution in [3.8, 4) is 0 Å². The lowest BCUT2D eigenvalue weighted by Gasteiger charge is -2.15. The quantitative estimate of drug-likeness (QED) is 0.645. The van der Waals surface area contributed by atoms with Gasteiger partial charge in [-0.05, 0) is 51.3 Å². The fourth-order valence-electron chi connectivity index (χ4n) is 2.40. The van der Waals surface area contributed by atoms with Gasteiger partial charge < -0.3 is 5.32 Å². The minimum atomic E-state index is 0.181. The monoisotopic (exact) mass is 356 g/mol. The number of nitrogens with zero attached hydrogens (tertiary/aromatic N) is 1. The molecule has 0 spiro atoms. The fourth-order valence-corrected chi connectivity index (χ4v) is 3.19. The van der Waals surface area contributed by atoms with Crippen LogP contribution >= 0.6 is 11.8 Å². The highest BCUT2D eigenvalue weighted by Crippen LogP contribution is 2.33. The Labute approximate surface area is 156 Å². The van der Waals surface area contributed by atoms with E-state index in [1.807, 2.05) is 39.8 Å². The van der Waals surface area contributed by atoms with Gasteiger partial charge in [-0.25, -0.2) is 0 Å². The van der Waals surface area contributed by atoms with Gasteiger partial charge in [-0.1, -0.05) is 48.7 Å². The standard InChI is InChI=1S/C21H28N2OS/c1-8-20(16(5)22-7)23-17(6)25-21(9-2)19-11-10-18(13-15(4)24)14(3)12-19/h8-12,23H,6,13H2,1-5,7H3/b20-8+,21-9-,22-16?. The lowest BCUT2D eigenvalue weighted by molar-refractivity contribution is -0.116. The highest BCUT2D eigenvalue weighted by atomic mass is 32.2. The number of carbonyl (C=O) groups is 1. The van der Waals surface area contributed by atoms with Gasteiger partial charge in [0.2, 0.25) is 0 Å². The molecule has 4 heteroatoms. The van der Waals surface area contributed by atoms with Gasteiger partial charge in [0, 0.05) is 18.4 Å². The maximum atomic E-state index is 11.3. The second kappa shape index (κ2) is 10.0. The lowest BCUT2D eigenvalue weighted by Crippen LogP contribution is -2.16. The molecule has 0 aliphatic rings. The molecule has 0 aromatic heterocycles. The maximum absolute atomic E-state index is 11.3. The number of allylic oxidation sites excluding steroid dienone is 3. The average Bonchev–Trinajstić information content (AvgIpc) is 2.58. The minimum Gasteiger partial charge on any atom is -0.349 e. The van der Waals surface area contributed by atoms with Crippen molar-refractivity contribution in [3.63, 3.8) is 0 Å². The number of thioether (sulfide) groups is 1. The molecular formula is C21H28N2OS. The van der Waals surface area contributed by atoms with E-state index < -0.39 is 0 Å². The third-order valence-electron chi connectivity index (χ3n) is 3.85. The van der Waals surface area contributed by atoms with Gasteiger partial charge in [-0.15, -0.1) is 0 Å². The van der Waals surface area contributed by atoms with E-state index >= 15 is 0 Å². The van der Waals surface area contributed by atoms with Crippen LogP contribution in [0.2, 0.25) is 0 Å². The SMILES string of the molecule is C=C(N/C(=C/C)C(C)=NC)S/C(=C\C)c1ccc(CC(C)=O)c(C)c1. The Morgan fingerprint density at radius 3 is 2.44 bits per heavy atom. The van der Waals surface area contributed by atoms with Crippen LogP contribution in [0.5, 0.6) is 0 Å². The molecule has 1 rings (SSSR count). The van der Waals surface area contributed by atoms with Crippen molar-refractivity contribution in [3.05, 3.63) is 64.3 Å². The van der Waals surface area contributed by atoms with Gasteiger partial charge in [-0.3, -0.25) is 9.79 Å². The first-order valence-corrected chi connectivity index (χ1v) is 9.13. The highest BCUT2D eigenvalue weighted by molar-refractivity contribution is 8.11. The summed E-state index contributed by atoms with van der Waals surface area (Å²) in [6.45, 7) is 13.8. The van der Waals surface area contributed by atoms with Crippen LogP contribution in [0.25, 0.3) is 4.91 Å². The Morgan fingerprint density at radius 2 is 1.96 bits per heavy atom. The smallest absolute Gasteiger partial charge is 0.134 e. The Bertz CT molecular complexity index is 742. The predicted molar refractivity (Wildman–Crippen MR) is 112 cm³/mol. The largest absolute Gasteiger partial charge is 0.349 e. The van der Waals surface area contributed by atoms with Crippen LogP contribution in [0.4, 0.5) is 0 Å². The summed E-state index contributed by atoms with van der Waals surface area (Å²) < 4.78 is 0. The fraction of sp³-hybridized carbons (Fsp3) is 0.333. The van der Waals surface area contributed by atoms with E-state index in [0.29, 0.717) is 6.42 Å². The summed E-state index contributed by atoms with van der Waals surface area (Å²) in [4.78, 5) is 16.7. The summed E-state index contributed by atoms with van der Waals surface area (Å²) in [5.41, 5.74) is 5.25. The number of benzene rings is 1. The lowest BCUT2D eigenvalue weighted by atomic mass is 10.0. The van der Waals surface area contributed by atoms with Crippen LogP contribution in [0, 0.1) is 6.92 Å². The molecule has 0 unspecified atom stereocenters. The zero-order valence-electron chi connectivity index (χ0n) is 16.1. The van der Waals surface area contributed by atoms with Crippen molar-refractivity contribution < 1.29 is 4.79 Å². The van der Waals surface area contributed by atoms with Crippen molar-refractivity contribution in [2.45, 2.75) is 41.0 Å². The molecule has 1 aromatic carbocycles. The Kier molecular flexibility index (Phi) is 8.42. The van der Waals surface area contributed by atoms with Crippen molar-refractivity contribution in [2.24, 2.45) is 4.99 Å². The molecule has 1 aromatic rings. The molecule has 1 N–H and O–H groups in total. The summed E-state index contributed by atoms with van der Waals surface area (Å²) >= 11 is 1.59. The van der Waals surface area contributed by atoms with Gasteiger partial charge >= 0.3 is 0 Å². The van der Waals surface area contributed by atoms with E-state index in [2.05, 4.69) is 35.1 Å². The molecule has 0 saturated carbocycles. The molecule has 0 atom stereocenters. The minimum absolute atomic E-state index is 0.181. The Morgan fingerprint density at radius 1 is 1.28 bits per heavy atom. The normalized spacial score (nSPS) is 13.0. The molecule has 0 saturated heterocycles. The van der Waals surface area contributed by atoms with E-state index in [0.717, 1.165) is 38.0 Å². The summed E-state index contributed by atoms with van der Waals surface area (Å²) in [5, 5.41) is 4.16.